The lowest BCUT2D eigenvalue weighted by Crippen LogP contribution is -2.40. The highest BCUT2D eigenvalue weighted by Gasteiger charge is 2.44. The maximum Gasteiger partial charge on any atom is 0.129 e. The Bertz CT molecular complexity index is 441. The van der Waals surface area contributed by atoms with Gasteiger partial charge in [0.2, 0.25) is 0 Å². The molecule has 1 fully saturated rings. The number of fused-ring (bicyclic) bond motifs is 2. The van der Waals surface area contributed by atoms with Crippen LogP contribution in [0.25, 0.3) is 0 Å². The first kappa shape index (κ1) is 11.0. The van der Waals surface area contributed by atoms with E-state index in [1.165, 1.54) is 6.07 Å². The zero-order valence-corrected chi connectivity index (χ0v) is 9.88. The predicted octanol–water partition coefficient (Wildman–Crippen LogP) is 1.94. The second kappa shape index (κ2) is 3.96. The number of ether oxygens (including phenoxy) is 2. The molecule has 1 N–H and O–H groups in total. The molecule has 17 heavy (non-hydrogen) atoms. The normalized spacial score (nSPS) is 21.5. The Morgan fingerprint density at radius 2 is 2.12 bits per heavy atom. The molecule has 2 aliphatic rings. The minimum Gasteiger partial charge on any atom is -0.496 e. The molecule has 1 spiro atoms. The smallest absolute Gasteiger partial charge is 0.129 e. The van der Waals surface area contributed by atoms with Gasteiger partial charge in [-0.25, -0.2) is 4.39 Å². The number of benzene rings is 1. The topological polar surface area (TPSA) is 30.5 Å². The fraction of sp³-hybridized carbons (Fsp3) is 0.538. The van der Waals surface area contributed by atoms with Crippen LogP contribution in [0.4, 0.5) is 4.39 Å². The number of rotatable bonds is 1. The second-order valence-corrected chi connectivity index (χ2v) is 4.64. The van der Waals surface area contributed by atoms with E-state index in [9.17, 15) is 4.39 Å². The van der Waals surface area contributed by atoms with Crippen molar-refractivity contribution in [3.63, 3.8) is 0 Å². The largest absolute Gasteiger partial charge is 0.496 e. The van der Waals surface area contributed by atoms with Gasteiger partial charge < -0.3 is 14.8 Å². The summed E-state index contributed by atoms with van der Waals surface area (Å²) in [6, 6.07) is 3.16. The number of halogens is 1. The summed E-state index contributed by atoms with van der Waals surface area (Å²) < 4.78 is 25.3. The van der Waals surface area contributed by atoms with Gasteiger partial charge in [0.15, 0.2) is 0 Å². The molecule has 0 aromatic heterocycles. The summed E-state index contributed by atoms with van der Waals surface area (Å²) in [5.74, 6) is 0.567. The van der Waals surface area contributed by atoms with Gasteiger partial charge in [0.25, 0.3) is 0 Å². The summed E-state index contributed by atoms with van der Waals surface area (Å²) in [7, 11) is 1.61. The Morgan fingerprint density at radius 3 is 2.82 bits per heavy atom. The molecular formula is C13H16FNO2. The monoisotopic (exact) mass is 237 g/mol. The standard InChI is InChI=1S/C13H16FNO2/c1-16-11-3-2-10(14)12-9(11)8-17-13(12)4-6-15-7-5-13/h2-3,15H,4-8H2,1H3. The number of nitrogens with one attached hydrogen (secondary N) is 1. The summed E-state index contributed by atoms with van der Waals surface area (Å²) in [5.41, 5.74) is 1.17. The first-order valence-electron chi connectivity index (χ1n) is 5.97. The molecule has 0 aliphatic carbocycles. The average Bonchev–Trinajstić information content (AvgIpc) is 2.71. The zero-order chi connectivity index (χ0) is 11.9. The third-order valence-electron chi connectivity index (χ3n) is 3.80. The number of hydrogen-bond donors (Lipinski definition) is 1. The zero-order valence-electron chi connectivity index (χ0n) is 9.88. The van der Waals surface area contributed by atoms with Crippen molar-refractivity contribution in [2.75, 3.05) is 20.2 Å². The van der Waals surface area contributed by atoms with Crippen LogP contribution in [0.1, 0.15) is 24.0 Å². The molecule has 0 amide bonds. The highest BCUT2D eigenvalue weighted by atomic mass is 19.1. The van der Waals surface area contributed by atoms with Gasteiger partial charge in [-0.05, 0) is 38.1 Å². The fourth-order valence-electron chi connectivity index (χ4n) is 2.93. The van der Waals surface area contributed by atoms with E-state index in [1.807, 2.05) is 0 Å². The molecule has 2 heterocycles. The van der Waals surface area contributed by atoms with Crippen molar-refractivity contribution in [1.82, 2.24) is 5.32 Å². The van der Waals surface area contributed by atoms with Crippen molar-refractivity contribution in [1.29, 1.82) is 0 Å². The van der Waals surface area contributed by atoms with Gasteiger partial charge in [-0.3, -0.25) is 0 Å². The Labute approximate surface area is 99.9 Å². The first-order chi connectivity index (χ1) is 8.27. The molecule has 0 bridgehead atoms. The lowest BCUT2D eigenvalue weighted by molar-refractivity contribution is -0.0607. The molecule has 0 radical (unpaired) electrons. The molecule has 0 unspecified atom stereocenters. The maximum atomic E-state index is 14.1. The van der Waals surface area contributed by atoms with Crippen LogP contribution in [0, 0.1) is 5.82 Å². The Balaban J connectivity index is 2.12. The molecule has 1 aromatic rings. The minimum atomic E-state index is -0.431. The first-order valence-corrected chi connectivity index (χ1v) is 5.97. The van der Waals surface area contributed by atoms with Crippen LogP contribution >= 0.6 is 0 Å². The molecule has 3 nitrogen and oxygen atoms in total. The van der Waals surface area contributed by atoms with Crippen molar-refractivity contribution >= 4 is 0 Å². The van der Waals surface area contributed by atoms with E-state index in [0.29, 0.717) is 6.61 Å². The molecular weight excluding hydrogens is 221 g/mol. The fourth-order valence-corrected chi connectivity index (χ4v) is 2.93. The molecule has 3 rings (SSSR count). The van der Waals surface area contributed by atoms with Crippen LogP contribution in [0.3, 0.4) is 0 Å². The van der Waals surface area contributed by atoms with E-state index in [-0.39, 0.29) is 5.82 Å². The highest BCUT2D eigenvalue weighted by molar-refractivity contribution is 5.46. The van der Waals surface area contributed by atoms with Crippen LogP contribution < -0.4 is 10.1 Å². The van der Waals surface area contributed by atoms with Gasteiger partial charge in [-0.1, -0.05) is 0 Å². The summed E-state index contributed by atoms with van der Waals surface area (Å²) >= 11 is 0. The van der Waals surface area contributed by atoms with Crippen LogP contribution in [0.5, 0.6) is 5.75 Å². The summed E-state index contributed by atoms with van der Waals surface area (Å²) in [4.78, 5) is 0. The van der Waals surface area contributed by atoms with E-state index in [4.69, 9.17) is 9.47 Å². The lowest BCUT2D eigenvalue weighted by atomic mass is 9.84. The minimum absolute atomic E-state index is 0.166. The van der Waals surface area contributed by atoms with Gasteiger partial charge in [0.05, 0.1) is 19.3 Å². The molecule has 92 valence electrons. The SMILES string of the molecule is COc1ccc(F)c2c1COC21CCNCC1. The Kier molecular flexibility index (Phi) is 2.56. The Morgan fingerprint density at radius 1 is 1.35 bits per heavy atom. The summed E-state index contributed by atoms with van der Waals surface area (Å²) in [5, 5.41) is 3.28. The van der Waals surface area contributed by atoms with E-state index in [0.717, 1.165) is 42.8 Å². The molecule has 0 atom stereocenters. The number of methoxy groups -OCH3 is 1. The summed E-state index contributed by atoms with van der Waals surface area (Å²) in [6.07, 6.45) is 1.65. The third kappa shape index (κ3) is 1.55. The second-order valence-electron chi connectivity index (χ2n) is 4.64. The van der Waals surface area contributed by atoms with Crippen molar-refractivity contribution < 1.29 is 13.9 Å². The van der Waals surface area contributed by atoms with E-state index in [2.05, 4.69) is 5.32 Å². The molecule has 1 aromatic carbocycles. The van der Waals surface area contributed by atoms with Crippen molar-refractivity contribution in [3.05, 3.63) is 29.1 Å². The lowest BCUT2D eigenvalue weighted by Gasteiger charge is -2.34. The third-order valence-corrected chi connectivity index (χ3v) is 3.80. The van der Waals surface area contributed by atoms with E-state index in [1.54, 1.807) is 13.2 Å². The van der Waals surface area contributed by atoms with Crippen molar-refractivity contribution in [2.45, 2.75) is 25.0 Å². The van der Waals surface area contributed by atoms with Crippen LogP contribution in [0.2, 0.25) is 0 Å². The van der Waals surface area contributed by atoms with Gasteiger partial charge in [0.1, 0.15) is 11.6 Å². The molecule has 2 aliphatic heterocycles. The highest BCUT2D eigenvalue weighted by Crippen LogP contribution is 2.46. The van der Waals surface area contributed by atoms with Gasteiger partial charge in [-0.2, -0.15) is 0 Å². The predicted molar refractivity (Wildman–Crippen MR) is 61.5 cm³/mol. The van der Waals surface area contributed by atoms with Gasteiger partial charge in [-0.15, -0.1) is 0 Å². The quantitative estimate of drug-likeness (QED) is 0.809. The number of piperidine rings is 1. The summed E-state index contributed by atoms with van der Waals surface area (Å²) in [6.45, 7) is 2.20. The van der Waals surface area contributed by atoms with Crippen molar-refractivity contribution in [2.24, 2.45) is 0 Å². The maximum absolute atomic E-state index is 14.1. The van der Waals surface area contributed by atoms with Crippen molar-refractivity contribution in [3.8, 4) is 5.75 Å². The molecule has 1 saturated heterocycles. The van der Waals surface area contributed by atoms with Crippen LogP contribution in [0.15, 0.2) is 12.1 Å². The molecule has 4 heteroatoms. The van der Waals surface area contributed by atoms with Gasteiger partial charge >= 0.3 is 0 Å². The van der Waals surface area contributed by atoms with E-state index < -0.39 is 5.60 Å². The van der Waals surface area contributed by atoms with E-state index >= 15 is 0 Å². The molecule has 0 saturated carbocycles. The Hall–Kier alpha value is -1.13. The van der Waals surface area contributed by atoms with Crippen LogP contribution in [-0.4, -0.2) is 20.2 Å². The number of hydrogen-bond acceptors (Lipinski definition) is 3. The van der Waals surface area contributed by atoms with Crippen LogP contribution in [-0.2, 0) is 16.9 Å². The average molecular weight is 237 g/mol. The van der Waals surface area contributed by atoms with Gasteiger partial charge in [0, 0.05) is 11.1 Å².